The summed E-state index contributed by atoms with van der Waals surface area (Å²) in [4.78, 5) is 3.99. The second-order valence-electron chi connectivity index (χ2n) is 4.39. The highest BCUT2D eigenvalue weighted by atomic mass is 16.4. The minimum Gasteiger partial charge on any atom is -0.411 e. The van der Waals surface area contributed by atoms with Gasteiger partial charge in [-0.3, -0.25) is 4.98 Å². The summed E-state index contributed by atoms with van der Waals surface area (Å²) >= 11 is 0. The number of hydrogen-bond acceptors (Lipinski definition) is 3. The van der Waals surface area contributed by atoms with Crippen LogP contribution < -0.4 is 0 Å². The maximum absolute atomic E-state index is 9.03. The molecule has 0 atom stereocenters. The van der Waals surface area contributed by atoms with Crippen molar-refractivity contribution in [1.29, 1.82) is 0 Å². The molecule has 1 heterocycles. The van der Waals surface area contributed by atoms with Crippen LogP contribution in [0.3, 0.4) is 0 Å². The lowest BCUT2D eigenvalue weighted by Gasteiger charge is -2.07. The molecule has 0 unspecified atom stereocenters. The maximum Gasteiger partial charge on any atom is 0.0843 e. The fraction of sp³-hybridized carbons (Fsp3) is 0.125. The van der Waals surface area contributed by atoms with Crippen LogP contribution in [-0.2, 0) is 0 Å². The molecule has 0 aliphatic heterocycles. The van der Waals surface area contributed by atoms with Gasteiger partial charge in [0.25, 0.3) is 0 Å². The van der Waals surface area contributed by atoms with Gasteiger partial charge >= 0.3 is 0 Å². The third-order valence-electron chi connectivity index (χ3n) is 2.92. The van der Waals surface area contributed by atoms with Crippen LogP contribution in [0.1, 0.15) is 23.6 Å². The maximum atomic E-state index is 9.03. The minimum absolute atomic E-state index is 0.584. The van der Waals surface area contributed by atoms with E-state index in [9.17, 15) is 0 Å². The molecular weight excluding hydrogens is 236 g/mol. The van der Waals surface area contributed by atoms with Gasteiger partial charge in [0.2, 0.25) is 0 Å². The first-order chi connectivity index (χ1) is 9.20. The van der Waals surface area contributed by atoms with E-state index in [1.807, 2.05) is 49.4 Å². The van der Waals surface area contributed by atoms with E-state index < -0.39 is 0 Å². The average Bonchev–Trinajstić information content (AvgIpc) is 2.46. The molecule has 1 aromatic carbocycles. The first kappa shape index (κ1) is 13.0. The van der Waals surface area contributed by atoms with Crippen LogP contribution >= 0.6 is 0 Å². The molecule has 0 aliphatic rings. The molecule has 1 aromatic heterocycles. The number of oxime groups is 1. The van der Waals surface area contributed by atoms with Crippen molar-refractivity contribution in [2.45, 2.75) is 13.8 Å². The van der Waals surface area contributed by atoms with Gasteiger partial charge in [-0.05, 0) is 43.2 Å². The van der Waals surface area contributed by atoms with Crippen molar-refractivity contribution >= 4 is 17.4 Å². The number of hydrogen-bond donors (Lipinski definition) is 1. The molecule has 0 aliphatic carbocycles. The zero-order valence-corrected chi connectivity index (χ0v) is 11.0. The van der Waals surface area contributed by atoms with Gasteiger partial charge in [0.1, 0.15) is 0 Å². The third kappa shape index (κ3) is 3.28. The fourth-order valence-electron chi connectivity index (χ4n) is 1.81. The van der Waals surface area contributed by atoms with Crippen molar-refractivity contribution in [2.24, 2.45) is 5.16 Å². The Kier molecular flexibility index (Phi) is 4.08. The van der Waals surface area contributed by atoms with E-state index in [0.717, 1.165) is 16.7 Å². The van der Waals surface area contributed by atoms with Gasteiger partial charge < -0.3 is 5.21 Å². The quantitative estimate of drug-likeness (QED) is 0.513. The largest absolute Gasteiger partial charge is 0.411 e. The number of nitrogens with zero attached hydrogens (tertiary/aromatic N) is 2. The van der Waals surface area contributed by atoms with Gasteiger partial charge in [-0.2, -0.15) is 0 Å². The van der Waals surface area contributed by atoms with E-state index >= 15 is 0 Å². The van der Waals surface area contributed by atoms with E-state index in [4.69, 9.17) is 5.21 Å². The molecular formula is C16H16N2O. The Labute approximate surface area is 112 Å². The lowest BCUT2D eigenvalue weighted by atomic mass is 9.98. The fourth-order valence-corrected chi connectivity index (χ4v) is 1.81. The predicted octanol–water partition coefficient (Wildman–Crippen LogP) is 3.78. The molecule has 2 aromatic rings. The van der Waals surface area contributed by atoms with Crippen molar-refractivity contribution in [1.82, 2.24) is 4.98 Å². The number of allylic oxidation sites excluding steroid dienone is 1. The molecule has 2 rings (SSSR count). The van der Waals surface area contributed by atoms with Gasteiger partial charge in [0, 0.05) is 18.0 Å². The monoisotopic (exact) mass is 252 g/mol. The van der Waals surface area contributed by atoms with Gasteiger partial charge in [-0.25, -0.2) is 0 Å². The normalized spacial score (nSPS) is 12.5. The van der Waals surface area contributed by atoms with Crippen LogP contribution in [0, 0.1) is 6.92 Å². The second kappa shape index (κ2) is 5.96. The molecule has 96 valence electrons. The highest BCUT2D eigenvalue weighted by Crippen LogP contribution is 2.20. The zero-order valence-electron chi connectivity index (χ0n) is 11.0. The zero-order chi connectivity index (χ0) is 13.7. The predicted molar refractivity (Wildman–Crippen MR) is 78.2 cm³/mol. The Morgan fingerprint density at radius 1 is 1.11 bits per heavy atom. The standard InChI is InChI=1S/C16H16N2O/c1-12-3-5-15(6-4-12)16(13(2)18-19)11-14-7-9-17-10-8-14/h3-11,19H,1-2H3/b16-11+,18-13+. The molecule has 19 heavy (non-hydrogen) atoms. The van der Waals surface area contributed by atoms with Gasteiger partial charge in [-0.15, -0.1) is 0 Å². The Morgan fingerprint density at radius 3 is 2.32 bits per heavy atom. The molecule has 3 nitrogen and oxygen atoms in total. The van der Waals surface area contributed by atoms with E-state index in [1.165, 1.54) is 5.56 Å². The first-order valence-electron chi connectivity index (χ1n) is 6.08. The van der Waals surface area contributed by atoms with Crippen LogP contribution in [0.15, 0.2) is 53.9 Å². The first-order valence-corrected chi connectivity index (χ1v) is 6.08. The summed E-state index contributed by atoms with van der Waals surface area (Å²) in [6, 6.07) is 12.0. The number of aryl methyl sites for hydroxylation is 1. The van der Waals surface area contributed by atoms with Crippen molar-refractivity contribution in [3.8, 4) is 0 Å². The van der Waals surface area contributed by atoms with Gasteiger partial charge in [-0.1, -0.05) is 35.0 Å². The van der Waals surface area contributed by atoms with E-state index in [-0.39, 0.29) is 0 Å². The van der Waals surface area contributed by atoms with Crippen LogP contribution in [0.2, 0.25) is 0 Å². The Balaban J connectivity index is 2.48. The molecule has 0 spiro atoms. The van der Waals surface area contributed by atoms with Gasteiger partial charge in [0.05, 0.1) is 5.71 Å². The van der Waals surface area contributed by atoms with E-state index in [0.29, 0.717) is 5.71 Å². The lowest BCUT2D eigenvalue weighted by molar-refractivity contribution is 0.319. The summed E-state index contributed by atoms with van der Waals surface area (Å²) in [5.74, 6) is 0. The summed E-state index contributed by atoms with van der Waals surface area (Å²) in [7, 11) is 0. The van der Waals surface area contributed by atoms with E-state index in [2.05, 4.69) is 10.1 Å². The summed E-state index contributed by atoms with van der Waals surface area (Å²) in [6.45, 7) is 3.83. The average molecular weight is 252 g/mol. The molecule has 0 saturated carbocycles. The highest BCUT2D eigenvalue weighted by molar-refractivity contribution is 6.26. The van der Waals surface area contributed by atoms with Crippen molar-refractivity contribution in [3.05, 3.63) is 65.5 Å². The van der Waals surface area contributed by atoms with Crippen molar-refractivity contribution in [3.63, 3.8) is 0 Å². The summed E-state index contributed by atoms with van der Waals surface area (Å²) in [6.07, 6.45) is 5.47. The summed E-state index contributed by atoms with van der Waals surface area (Å²) in [5.41, 5.74) is 4.73. The number of pyridine rings is 1. The Bertz CT molecular complexity index is 598. The highest BCUT2D eigenvalue weighted by Gasteiger charge is 2.06. The summed E-state index contributed by atoms with van der Waals surface area (Å²) in [5, 5.41) is 12.4. The molecule has 0 saturated heterocycles. The molecule has 1 N–H and O–H groups in total. The molecule has 0 fully saturated rings. The molecule has 0 bridgehead atoms. The lowest BCUT2D eigenvalue weighted by Crippen LogP contribution is -1.97. The van der Waals surface area contributed by atoms with Crippen LogP contribution in [0.4, 0.5) is 0 Å². The molecule has 0 radical (unpaired) electrons. The van der Waals surface area contributed by atoms with Crippen LogP contribution in [0.5, 0.6) is 0 Å². The topological polar surface area (TPSA) is 45.5 Å². The Morgan fingerprint density at radius 2 is 1.74 bits per heavy atom. The van der Waals surface area contributed by atoms with Crippen molar-refractivity contribution < 1.29 is 5.21 Å². The van der Waals surface area contributed by atoms with Crippen LogP contribution in [-0.4, -0.2) is 15.9 Å². The Hall–Kier alpha value is -2.42. The molecule has 3 heteroatoms. The second-order valence-corrected chi connectivity index (χ2v) is 4.39. The molecule has 0 amide bonds. The van der Waals surface area contributed by atoms with E-state index in [1.54, 1.807) is 19.3 Å². The van der Waals surface area contributed by atoms with Crippen molar-refractivity contribution in [2.75, 3.05) is 0 Å². The summed E-state index contributed by atoms with van der Waals surface area (Å²) < 4.78 is 0. The van der Waals surface area contributed by atoms with Gasteiger partial charge in [0.15, 0.2) is 0 Å². The van der Waals surface area contributed by atoms with Crippen LogP contribution in [0.25, 0.3) is 11.6 Å². The SMILES string of the molecule is CC(=N\O)/C(=C\c1ccncc1)c1ccc(C)cc1. The third-order valence-corrected chi connectivity index (χ3v) is 2.92. The number of rotatable bonds is 3. The number of aromatic nitrogens is 1. The minimum atomic E-state index is 0.584. The number of benzene rings is 1. The smallest absolute Gasteiger partial charge is 0.0843 e.